The SMILES string of the molecule is C=C(NC(C(=O)NCC(=O)N1C[C@]2(C[C@H]1C(=O)N[C@@H](CCC)C(=O)C(=O)NC1CC1)C(C)(C)C21CCC1)C1CCCCC1)[C@H]1CCCCN1C. The Morgan fingerprint density at radius 1 is 0.860 bits per heavy atom. The number of rotatable bonds is 14. The number of amides is 4. The maximum atomic E-state index is 14.2. The van der Waals surface area contributed by atoms with Gasteiger partial charge in [-0.3, -0.25) is 28.9 Å². The fraction of sp³-hybridized carbons (Fsp3) is 0.821. The van der Waals surface area contributed by atoms with Gasteiger partial charge < -0.3 is 26.2 Å². The first kappa shape index (κ1) is 36.8. The van der Waals surface area contributed by atoms with Crippen LogP contribution in [0.5, 0.6) is 0 Å². The lowest BCUT2D eigenvalue weighted by Crippen LogP contribution is -2.56. The zero-order valence-corrected chi connectivity index (χ0v) is 31.0. The first-order valence-corrected chi connectivity index (χ1v) is 19.7. The van der Waals surface area contributed by atoms with Gasteiger partial charge >= 0.3 is 0 Å². The quantitative estimate of drug-likeness (QED) is 0.204. The standard InChI is InChI=1S/C39H62N6O5/c1-6-13-28(33(47)36(50)42-27-17-18-27)43-34(48)30-22-39(37(3,4)38(39)19-12-20-38)24-45(30)31(46)23-40-35(49)32(26-14-8-7-9-15-26)41-25(2)29-16-10-11-21-44(29)5/h26-30,32,41H,2,6-24H2,1,3-5H3,(H,40,49)(H,42,50)(H,43,48)/t28-,29+,30-,32?,39+/m0/s1. The Balaban J connectivity index is 1.15. The van der Waals surface area contributed by atoms with E-state index in [0.29, 0.717) is 25.8 Å². The van der Waals surface area contributed by atoms with E-state index in [-0.39, 0.29) is 58.5 Å². The van der Waals surface area contributed by atoms with Crippen LogP contribution in [-0.4, -0.2) is 96.1 Å². The Bertz CT molecular complexity index is 1350. The number of carbonyl (C=O) groups is 5. The Morgan fingerprint density at radius 2 is 1.56 bits per heavy atom. The van der Waals surface area contributed by atoms with Crippen molar-refractivity contribution < 1.29 is 24.0 Å². The first-order valence-electron chi connectivity index (χ1n) is 19.7. The number of likely N-dealkylation sites (tertiary alicyclic amines) is 2. The zero-order valence-electron chi connectivity index (χ0n) is 31.0. The number of Topliss-reactive ketones (excluding diaryl/α,β-unsaturated/α-hetero) is 1. The Hall–Kier alpha value is -2.95. The third-order valence-corrected chi connectivity index (χ3v) is 14.1. The van der Waals surface area contributed by atoms with Gasteiger partial charge in [0, 0.05) is 29.7 Å². The predicted molar refractivity (Wildman–Crippen MR) is 192 cm³/mol. The number of carbonyl (C=O) groups excluding carboxylic acids is 5. The Labute approximate surface area is 298 Å². The van der Waals surface area contributed by atoms with E-state index in [1.165, 1.54) is 6.42 Å². The van der Waals surface area contributed by atoms with E-state index >= 15 is 0 Å². The molecule has 6 fully saturated rings. The number of nitrogens with one attached hydrogen (secondary N) is 4. The fourth-order valence-corrected chi connectivity index (χ4v) is 10.6. The molecule has 4 aliphatic carbocycles. The van der Waals surface area contributed by atoms with E-state index in [1.807, 2.05) is 6.92 Å². The van der Waals surface area contributed by atoms with Crippen LogP contribution in [0.4, 0.5) is 0 Å². The van der Waals surface area contributed by atoms with Crippen LogP contribution in [0, 0.1) is 22.2 Å². The van der Waals surface area contributed by atoms with Crippen LogP contribution in [0.25, 0.3) is 0 Å². The van der Waals surface area contributed by atoms with Gasteiger partial charge in [-0.1, -0.05) is 65.9 Å². The molecule has 6 rings (SSSR count). The summed E-state index contributed by atoms with van der Waals surface area (Å²) >= 11 is 0. The molecule has 0 bridgehead atoms. The summed E-state index contributed by atoms with van der Waals surface area (Å²) in [6, 6.07) is -1.97. The summed E-state index contributed by atoms with van der Waals surface area (Å²) in [6.07, 6.45) is 15.1. The van der Waals surface area contributed by atoms with Crippen LogP contribution in [0.3, 0.4) is 0 Å². The minimum Gasteiger partial charge on any atom is -0.376 e. The largest absolute Gasteiger partial charge is 0.376 e. The lowest BCUT2D eigenvalue weighted by Gasteiger charge is -2.37. The molecule has 0 aromatic rings. The summed E-state index contributed by atoms with van der Waals surface area (Å²) in [5.74, 6) is -1.99. The molecule has 2 saturated heterocycles. The number of hydrogen-bond acceptors (Lipinski definition) is 7. The van der Waals surface area contributed by atoms with Crippen LogP contribution in [0.2, 0.25) is 0 Å². The Morgan fingerprint density at radius 3 is 2.16 bits per heavy atom. The second kappa shape index (κ2) is 14.6. The van der Waals surface area contributed by atoms with E-state index < -0.39 is 29.8 Å². The van der Waals surface area contributed by atoms with Crippen molar-refractivity contribution in [1.29, 1.82) is 0 Å². The molecule has 11 heteroatoms. The molecular weight excluding hydrogens is 632 g/mol. The summed E-state index contributed by atoms with van der Waals surface area (Å²) in [5, 5.41) is 12.2. The van der Waals surface area contributed by atoms with Crippen molar-refractivity contribution in [1.82, 2.24) is 31.1 Å². The van der Waals surface area contributed by atoms with Crippen molar-refractivity contribution >= 4 is 29.4 Å². The van der Waals surface area contributed by atoms with Gasteiger partial charge in [0.15, 0.2) is 0 Å². The van der Waals surface area contributed by atoms with Gasteiger partial charge in [0.1, 0.15) is 12.1 Å². The molecular formula is C39H62N6O5. The number of fused-ring (bicyclic) bond motifs is 1. The van der Waals surface area contributed by atoms with Gasteiger partial charge in [0.25, 0.3) is 5.91 Å². The molecule has 4 N–H and O–H groups in total. The van der Waals surface area contributed by atoms with Crippen molar-refractivity contribution in [3.63, 3.8) is 0 Å². The molecule has 0 aromatic carbocycles. The first-order chi connectivity index (χ1) is 23.9. The fourth-order valence-electron chi connectivity index (χ4n) is 10.6. The molecule has 278 valence electrons. The van der Waals surface area contributed by atoms with Gasteiger partial charge in [-0.15, -0.1) is 0 Å². The molecule has 0 aromatic heterocycles. The lowest BCUT2D eigenvalue weighted by atomic mass is 9.73. The van der Waals surface area contributed by atoms with Gasteiger partial charge in [-0.2, -0.15) is 0 Å². The molecule has 2 spiro atoms. The van der Waals surface area contributed by atoms with Crippen molar-refractivity contribution in [3.05, 3.63) is 12.3 Å². The average molecular weight is 695 g/mol. The van der Waals surface area contributed by atoms with Crippen LogP contribution in [-0.2, 0) is 24.0 Å². The molecule has 11 nitrogen and oxygen atoms in total. The highest BCUT2D eigenvalue weighted by atomic mass is 16.2. The average Bonchev–Trinajstić information content (AvgIpc) is 3.91. The highest BCUT2D eigenvalue weighted by Crippen LogP contribution is 2.88. The molecule has 50 heavy (non-hydrogen) atoms. The second-order valence-corrected chi connectivity index (χ2v) is 17.1. The molecule has 4 amide bonds. The third-order valence-electron chi connectivity index (χ3n) is 14.1. The van der Waals surface area contributed by atoms with E-state index in [1.54, 1.807) is 4.90 Å². The maximum Gasteiger partial charge on any atom is 0.289 e. The van der Waals surface area contributed by atoms with E-state index in [9.17, 15) is 24.0 Å². The molecule has 2 heterocycles. The predicted octanol–water partition coefficient (Wildman–Crippen LogP) is 3.57. The topological polar surface area (TPSA) is 140 Å². The third kappa shape index (κ3) is 6.72. The van der Waals surface area contributed by atoms with Crippen molar-refractivity contribution in [3.8, 4) is 0 Å². The van der Waals surface area contributed by atoms with Gasteiger partial charge in [-0.05, 0) is 94.5 Å². The van der Waals surface area contributed by atoms with Crippen molar-refractivity contribution in [2.24, 2.45) is 22.2 Å². The number of nitrogens with zero attached hydrogens (tertiary/aromatic N) is 2. The van der Waals surface area contributed by atoms with Gasteiger partial charge in [0.05, 0.1) is 12.6 Å². The highest BCUT2D eigenvalue weighted by Gasteiger charge is 2.85. The number of likely N-dealkylation sites (N-methyl/N-ethyl adjacent to an activating group) is 1. The van der Waals surface area contributed by atoms with Crippen LogP contribution >= 0.6 is 0 Å². The smallest absolute Gasteiger partial charge is 0.289 e. The summed E-state index contributed by atoms with van der Waals surface area (Å²) in [7, 11) is 2.11. The summed E-state index contributed by atoms with van der Waals surface area (Å²) in [5.41, 5.74) is 0.748. The minimum atomic E-state index is -0.942. The van der Waals surface area contributed by atoms with Crippen LogP contribution in [0.15, 0.2) is 12.3 Å². The maximum absolute atomic E-state index is 14.2. The number of piperidine rings is 1. The molecule has 0 radical (unpaired) electrons. The number of ketones is 1. The van der Waals surface area contributed by atoms with E-state index in [0.717, 1.165) is 89.3 Å². The van der Waals surface area contributed by atoms with Gasteiger partial charge in [-0.25, -0.2) is 0 Å². The van der Waals surface area contributed by atoms with Crippen LogP contribution in [0.1, 0.15) is 124 Å². The number of hydrogen-bond donors (Lipinski definition) is 4. The Kier molecular flexibility index (Phi) is 10.7. The molecule has 6 aliphatic rings. The summed E-state index contributed by atoms with van der Waals surface area (Å²) in [6.45, 7) is 12.1. The molecule has 4 saturated carbocycles. The normalized spacial score (nSPS) is 29.8. The molecule has 1 unspecified atom stereocenters. The monoisotopic (exact) mass is 694 g/mol. The van der Waals surface area contributed by atoms with Crippen LogP contribution < -0.4 is 21.3 Å². The lowest BCUT2D eigenvalue weighted by molar-refractivity contribution is -0.142. The van der Waals surface area contributed by atoms with E-state index in [2.05, 4.69) is 53.6 Å². The molecule has 5 atom stereocenters. The van der Waals surface area contributed by atoms with Crippen molar-refractivity contribution in [2.75, 3.05) is 26.7 Å². The van der Waals surface area contributed by atoms with E-state index in [4.69, 9.17) is 0 Å². The minimum absolute atomic E-state index is 0.0273. The van der Waals surface area contributed by atoms with Crippen molar-refractivity contribution in [2.45, 2.75) is 154 Å². The molecule has 2 aliphatic heterocycles. The summed E-state index contributed by atoms with van der Waals surface area (Å²) < 4.78 is 0. The summed E-state index contributed by atoms with van der Waals surface area (Å²) in [4.78, 5) is 72.0. The second-order valence-electron chi connectivity index (χ2n) is 17.1. The highest BCUT2D eigenvalue weighted by molar-refractivity contribution is 6.38. The van der Waals surface area contributed by atoms with Gasteiger partial charge in [0.2, 0.25) is 23.5 Å². The zero-order chi connectivity index (χ0) is 35.8.